The molecule has 0 bridgehead atoms. The predicted molar refractivity (Wildman–Crippen MR) is 142 cm³/mol. The average molecular weight is 559 g/mol. The van der Waals surface area contributed by atoms with Crippen LogP contribution < -0.4 is 9.47 Å². The fraction of sp³-hybridized carbons (Fsp3) is 0.423. The first-order valence-electron chi connectivity index (χ1n) is 12.3. The number of imidazole rings is 1. The highest BCUT2D eigenvalue weighted by molar-refractivity contribution is 7.16. The minimum Gasteiger partial charge on any atom is -0.496 e. The predicted octanol–water partition coefficient (Wildman–Crippen LogP) is 6.05. The first-order valence-corrected chi connectivity index (χ1v) is 14.0. The lowest BCUT2D eigenvalue weighted by Gasteiger charge is -2.37. The highest BCUT2D eigenvalue weighted by Crippen LogP contribution is 2.40. The number of aliphatic hydroxyl groups is 1. The van der Waals surface area contributed by atoms with Gasteiger partial charge in [0.15, 0.2) is 16.9 Å². The van der Waals surface area contributed by atoms with Crippen molar-refractivity contribution in [1.29, 1.82) is 0 Å². The number of ether oxygens (including phenoxy) is 3. The molecule has 1 N–H and O–H groups in total. The second kappa shape index (κ2) is 9.60. The molecule has 4 aromatic heterocycles. The Kier molecular flexibility index (Phi) is 6.37. The van der Waals surface area contributed by atoms with Crippen molar-refractivity contribution in [1.82, 2.24) is 19.6 Å². The zero-order chi connectivity index (χ0) is 26.6. The zero-order valence-corrected chi connectivity index (χ0v) is 22.9. The molecule has 5 heterocycles. The highest BCUT2D eigenvalue weighted by atomic mass is 32.1. The third kappa shape index (κ3) is 4.55. The van der Waals surface area contributed by atoms with Crippen molar-refractivity contribution in [2.45, 2.75) is 64.2 Å². The maximum absolute atomic E-state index is 13.8. The molecule has 1 aliphatic rings. The van der Waals surface area contributed by atoms with Crippen LogP contribution >= 0.6 is 22.7 Å². The summed E-state index contributed by atoms with van der Waals surface area (Å²) in [5, 5.41) is 19.3. The van der Waals surface area contributed by atoms with E-state index in [1.165, 1.54) is 29.6 Å². The van der Waals surface area contributed by atoms with Gasteiger partial charge < -0.3 is 23.7 Å². The second-order valence-corrected chi connectivity index (χ2v) is 11.5. The number of fused-ring (bicyclic) bond motifs is 2. The molecule has 0 amide bonds. The van der Waals surface area contributed by atoms with Crippen molar-refractivity contribution in [3.63, 3.8) is 0 Å². The quantitative estimate of drug-likeness (QED) is 0.257. The number of hydrogen-bond acceptors (Lipinski definition) is 10. The maximum Gasteiger partial charge on any atom is 0.212 e. The van der Waals surface area contributed by atoms with Crippen LogP contribution in [0.3, 0.4) is 0 Å². The Hall–Kier alpha value is -3.06. The Morgan fingerprint density at radius 2 is 2.05 bits per heavy atom. The highest BCUT2D eigenvalue weighted by Gasteiger charge is 2.40. The first kappa shape index (κ1) is 25.2. The third-order valence-corrected chi connectivity index (χ3v) is 8.70. The molecule has 1 saturated heterocycles. The molecule has 0 aliphatic carbocycles. The topological polar surface area (TPSA) is 104 Å². The average Bonchev–Trinajstić information content (AvgIpc) is 3.64. The molecule has 1 fully saturated rings. The molecular weight excluding hydrogens is 531 g/mol. The van der Waals surface area contributed by atoms with E-state index < -0.39 is 11.8 Å². The van der Waals surface area contributed by atoms with Crippen molar-refractivity contribution >= 4 is 38.6 Å². The number of hydrogen-bond donors (Lipinski definition) is 1. The Balaban J connectivity index is 1.28. The number of furan rings is 1. The van der Waals surface area contributed by atoms with E-state index in [1.54, 1.807) is 30.0 Å². The van der Waals surface area contributed by atoms with Gasteiger partial charge >= 0.3 is 0 Å². The molecule has 1 aromatic carbocycles. The van der Waals surface area contributed by atoms with E-state index in [-0.39, 0.29) is 18.8 Å². The molecule has 3 unspecified atom stereocenters. The van der Waals surface area contributed by atoms with Crippen molar-refractivity contribution in [3.05, 3.63) is 45.5 Å². The first-order chi connectivity index (χ1) is 18.2. The summed E-state index contributed by atoms with van der Waals surface area (Å²) in [4.78, 5) is 9.64. The Morgan fingerprint density at radius 3 is 2.79 bits per heavy atom. The van der Waals surface area contributed by atoms with E-state index in [0.717, 1.165) is 11.1 Å². The molecule has 0 saturated carbocycles. The molecule has 5 aromatic rings. The summed E-state index contributed by atoms with van der Waals surface area (Å²) in [6, 6.07) is 5.43. The second-order valence-electron chi connectivity index (χ2n) is 9.67. The minimum atomic E-state index is -1.18. The monoisotopic (exact) mass is 558 g/mol. The maximum atomic E-state index is 13.8. The minimum absolute atomic E-state index is 0.0408. The van der Waals surface area contributed by atoms with Crippen LogP contribution in [0.2, 0.25) is 0 Å². The lowest BCUT2D eigenvalue weighted by molar-refractivity contribution is -0.135. The molecular formula is C26H27FN4O5S2. The third-order valence-electron chi connectivity index (χ3n) is 6.54. The molecule has 0 radical (unpaired) electrons. The van der Waals surface area contributed by atoms with Gasteiger partial charge in [0.05, 0.1) is 36.6 Å². The van der Waals surface area contributed by atoms with E-state index in [4.69, 9.17) is 23.6 Å². The number of thiazole rings is 1. The number of halogens is 1. The van der Waals surface area contributed by atoms with Gasteiger partial charge in [0, 0.05) is 30.4 Å². The fourth-order valence-electron chi connectivity index (χ4n) is 4.92. The van der Waals surface area contributed by atoms with Crippen molar-refractivity contribution in [2.75, 3.05) is 7.11 Å². The van der Waals surface area contributed by atoms with Crippen LogP contribution in [0, 0.1) is 0 Å². The van der Waals surface area contributed by atoms with Gasteiger partial charge in [0.2, 0.25) is 4.96 Å². The van der Waals surface area contributed by atoms with Gasteiger partial charge in [-0.05, 0) is 26.8 Å². The van der Waals surface area contributed by atoms with E-state index in [2.05, 4.69) is 10.1 Å². The zero-order valence-electron chi connectivity index (χ0n) is 21.3. The smallest absolute Gasteiger partial charge is 0.212 e. The Bertz CT molecular complexity index is 1600. The van der Waals surface area contributed by atoms with Crippen LogP contribution in [-0.4, -0.2) is 44.0 Å². The Labute approximate surface area is 225 Å². The number of nitrogens with zero attached hydrogens (tertiary/aromatic N) is 4. The van der Waals surface area contributed by atoms with Crippen LogP contribution in [0.5, 0.6) is 11.5 Å². The largest absolute Gasteiger partial charge is 0.496 e. The number of alkyl halides is 1. The summed E-state index contributed by atoms with van der Waals surface area (Å²) in [7, 11) is 1.58. The van der Waals surface area contributed by atoms with Crippen molar-refractivity contribution < 1.29 is 28.1 Å². The van der Waals surface area contributed by atoms with Gasteiger partial charge in [-0.25, -0.2) is 14.4 Å². The summed E-state index contributed by atoms with van der Waals surface area (Å²) in [5.74, 6) is 1.66. The Morgan fingerprint density at radius 1 is 1.26 bits per heavy atom. The summed E-state index contributed by atoms with van der Waals surface area (Å²) < 4.78 is 39.0. The standard InChI is InChI=1S/C26H27FN4O5S2/c1-13-8-26(32,9-14(2)35-13)24-29-16(12-37-24)11-34-20-5-17(33-4)6-21-18(20)7-22(36-21)19-10-28-25-31(19)30-23(38-25)15(3)27/h5-7,10,12-15,32H,8-9,11H2,1-4H3. The van der Waals surface area contributed by atoms with Gasteiger partial charge in [-0.2, -0.15) is 9.61 Å². The van der Waals surface area contributed by atoms with Crippen molar-refractivity contribution in [2.24, 2.45) is 0 Å². The molecule has 38 heavy (non-hydrogen) atoms. The lowest BCUT2D eigenvalue weighted by Crippen LogP contribution is -2.41. The molecule has 200 valence electrons. The van der Waals surface area contributed by atoms with E-state index in [9.17, 15) is 9.50 Å². The summed E-state index contributed by atoms with van der Waals surface area (Å²) in [6.45, 7) is 5.59. The van der Waals surface area contributed by atoms with Gasteiger partial charge in [0.25, 0.3) is 0 Å². The van der Waals surface area contributed by atoms with E-state index in [1.807, 2.05) is 25.3 Å². The molecule has 6 rings (SSSR count). The summed E-state index contributed by atoms with van der Waals surface area (Å²) in [5.41, 5.74) is 0.894. The van der Waals surface area contributed by atoms with Crippen LogP contribution in [0.1, 0.15) is 55.5 Å². The molecule has 9 nitrogen and oxygen atoms in total. The number of aromatic nitrogens is 4. The van der Waals surface area contributed by atoms with Gasteiger partial charge in [-0.1, -0.05) is 11.3 Å². The van der Waals surface area contributed by atoms with Gasteiger partial charge in [-0.15, -0.1) is 11.3 Å². The van der Waals surface area contributed by atoms with Crippen LogP contribution in [0.25, 0.3) is 27.4 Å². The van der Waals surface area contributed by atoms with Crippen LogP contribution in [0.4, 0.5) is 4.39 Å². The SMILES string of the molecule is COc1cc(OCc2csc(C3(O)CC(C)OC(C)C3)n2)c2cc(-c3cnc4sc(C(C)F)nn34)oc2c1. The number of methoxy groups -OCH3 is 1. The molecule has 12 heteroatoms. The van der Waals surface area contributed by atoms with Crippen LogP contribution in [0.15, 0.2) is 34.2 Å². The summed E-state index contributed by atoms with van der Waals surface area (Å²) >= 11 is 2.63. The normalized spacial score (nSPS) is 22.8. The van der Waals surface area contributed by atoms with Gasteiger partial charge in [0.1, 0.15) is 40.0 Å². The van der Waals surface area contributed by atoms with Crippen molar-refractivity contribution in [3.8, 4) is 23.0 Å². The summed E-state index contributed by atoms with van der Waals surface area (Å²) in [6.07, 6.45) is 1.40. The van der Waals surface area contributed by atoms with E-state index in [0.29, 0.717) is 56.4 Å². The molecule has 3 atom stereocenters. The van der Waals surface area contributed by atoms with Gasteiger partial charge in [-0.3, -0.25) is 0 Å². The fourth-order valence-corrected chi connectivity index (χ4v) is 6.65. The lowest BCUT2D eigenvalue weighted by atomic mass is 9.88. The molecule has 0 spiro atoms. The van der Waals surface area contributed by atoms with Crippen LogP contribution in [-0.2, 0) is 16.9 Å². The number of benzene rings is 1. The van der Waals surface area contributed by atoms with E-state index >= 15 is 0 Å². The number of rotatable bonds is 7. The molecule has 1 aliphatic heterocycles.